The molecule has 7 nitrogen and oxygen atoms in total. The van der Waals surface area contributed by atoms with Gasteiger partial charge in [-0.15, -0.1) is 0 Å². The van der Waals surface area contributed by atoms with Crippen LogP contribution in [-0.2, 0) is 6.54 Å². The number of benzene rings is 1. The van der Waals surface area contributed by atoms with Crippen LogP contribution in [-0.4, -0.2) is 9.91 Å². The summed E-state index contributed by atoms with van der Waals surface area (Å²) in [6, 6.07) is 9.89. The largest absolute Gasteiger partial charge is 0.366 e. The quantitative estimate of drug-likeness (QED) is 0.444. The van der Waals surface area contributed by atoms with Crippen molar-refractivity contribution < 1.29 is 4.92 Å². The van der Waals surface area contributed by atoms with Gasteiger partial charge in [0.05, 0.1) is 17.1 Å². The molecule has 0 aliphatic rings. The number of nitrogens with one attached hydrogen (secondary N) is 2. The summed E-state index contributed by atoms with van der Waals surface area (Å²) >= 11 is 6.03. The first-order chi connectivity index (χ1) is 9.60. The minimum absolute atomic E-state index is 0.102. The molecule has 4 N–H and O–H groups in total. The molecule has 0 aliphatic heterocycles. The zero-order chi connectivity index (χ0) is 14.5. The number of halogens is 1. The highest BCUT2D eigenvalue weighted by atomic mass is 35.5. The molecule has 104 valence electrons. The Bertz CT molecular complexity index is 635. The molecule has 1 heterocycles. The molecule has 2 rings (SSSR count). The van der Waals surface area contributed by atoms with Crippen LogP contribution in [0.15, 0.2) is 36.4 Å². The lowest BCUT2D eigenvalue weighted by Gasteiger charge is -2.08. The Morgan fingerprint density at radius 3 is 2.65 bits per heavy atom. The molecule has 0 amide bonds. The number of hydrazine groups is 1. The van der Waals surface area contributed by atoms with E-state index in [1.165, 1.54) is 12.1 Å². The first-order valence-corrected chi connectivity index (χ1v) is 6.08. The van der Waals surface area contributed by atoms with Gasteiger partial charge in [0, 0.05) is 11.6 Å². The van der Waals surface area contributed by atoms with Crippen molar-refractivity contribution >= 4 is 28.9 Å². The van der Waals surface area contributed by atoms with Gasteiger partial charge in [0.15, 0.2) is 0 Å². The van der Waals surface area contributed by atoms with Gasteiger partial charge in [0.25, 0.3) is 5.69 Å². The molecule has 1 aromatic carbocycles. The van der Waals surface area contributed by atoms with Crippen LogP contribution in [0.1, 0.15) is 5.56 Å². The average molecular weight is 294 g/mol. The van der Waals surface area contributed by atoms with E-state index in [-0.39, 0.29) is 11.5 Å². The first-order valence-electron chi connectivity index (χ1n) is 5.70. The zero-order valence-corrected chi connectivity index (χ0v) is 11.1. The predicted octanol–water partition coefficient (Wildman–Crippen LogP) is 2.54. The number of pyridine rings is 1. The molecular formula is C12H12ClN5O2. The van der Waals surface area contributed by atoms with Gasteiger partial charge < -0.3 is 10.7 Å². The van der Waals surface area contributed by atoms with E-state index < -0.39 is 4.92 Å². The highest BCUT2D eigenvalue weighted by Gasteiger charge is 2.11. The molecule has 20 heavy (non-hydrogen) atoms. The third-order valence-electron chi connectivity index (χ3n) is 2.59. The Hall–Kier alpha value is -2.38. The smallest absolute Gasteiger partial charge is 0.276 e. The Labute approximate surface area is 119 Å². The predicted molar refractivity (Wildman–Crippen MR) is 77.5 cm³/mol. The molecule has 2 aromatic rings. The molecule has 0 radical (unpaired) electrons. The maximum absolute atomic E-state index is 10.8. The number of nitrogen functional groups attached to an aromatic ring is 1. The van der Waals surface area contributed by atoms with Crippen LogP contribution in [0, 0.1) is 10.1 Å². The highest BCUT2D eigenvalue weighted by Crippen LogP contribution is 2.21. The normalized spacial score (nSPS) is 10.1. The summed E-state index contributed by atoms with van der Waals surface area (Å²) in [5.41, 5.74) is 3.05. The summed E-state index contributed by atoms with van der Waals surface area (Å²) in [5, 5.41) is 14.4. The summed E-state index contributed by atoms with van der Waals surface area (Å²) in [7, 11) is 0. The Morgan fingerprint density at radius 2 is 2.00 bits per heavy atom. The van der Waals surface area contributed by atoms with Gasteiger partial charge in [0.2, 0.25) is 0 Å². The minimum atomic E-state index is -0.511. The number of nitro groups is 1. The molecule has 0 aliphatic carbocycles. The van der Waals surface area contributed by atoms with Crippen molar-refractivity contribution in [3.63, 3.8) is 0 Å². The second-order valence-electron chi connectivity index (χ2n) is 3.94. The maximum atomic E-state index is 10.8. The minimum Gasteiger partial charge on any atom is -0.366 e. The Morgan fingerprint density at radius 1 is 1.30 bits per heavy atom. The molecule has 1 aromatic heterocycles. The summed E-state index contributed by atoms with van der Waals surface area (Å²) in [6.45, 7) is 0.401. The van der Waals surface area contributed by atoms with E-state index in [1.54, 1.807) is 6.07 Å². The van der Waals surface area contributed by atoms with Gasteiger partial charge in [-0.1, -0.05) is 29.8 Å². The number of nitrogens with two attached hydrogens (primary N) is 1. The van der Waals surface area contributed by atoms with Crippen molar-refractivity contribution in [1.82, 2.24) is 4.98 Å². The van der Waals surface area contributed by atoms with E-state index in [4.69, 9.17) is 17.4 Å². The summed E-state index contributed by atoms with van der Waals surface area (Å²) in [5.74, 6) is 5.78. The summed E-state index contributed by atoms with van der Waals surface area (Å²) in [4.78, 5) is 14.4. The average Bonchev–Trinajstić information content (AvgIpc) is 2.46. The van der Waals surface area contributed by atoms with Gasteiger partial charge in [-0.25, -0.2) is 10.8 Å². The van der Waals surface area contributed by atoms with Crippen LogP contribution < -0.4 is 16.6 Å². The lowest BCUT2D eigenvalue weighted by molar-refractivity contribution is -0.384. The lowest BCUT2D eigenvalue weighted by atomic mass is 10.2. The second-order valence-corrected chi connectivity index (χ2v) is 4.35. The van der Waals surface area contributed by atoms with E-state index >= 15 is 0 Å². The van der Waals surface area contributed by atoms with Crippen molar-refractivity contribution in [3.05, 3.63) is 57.1 Å². The summed E-state index contributed by atoms with van der Waals surface area (Å²) < 4.78 is 0. The van der Waals surface area contributed by atoms with Crippen molar-refractivity contribution in [2.24, 2.45) is 5.84 Å². The zero-order valence-electron chi connectivity index (χ0n) is 10.3. The Kier molecular flexibility index (Phi) is 4.34. The molecule has 0 fully saturated rings. The topological polar surface area (TPSA) is 106 Å². The monoisotopic (exact) mass is 293 g/mol. The Balaban J connectivity index is 2.19. The lowest BCUT2D eigenvalue weighted by Crippen LogP contribution is -2.11. The number of hydrogen-bond acceptors (Lipinski definition) is 6. The van der Waals surface area contributed by atoms with Crippen LogP contribution in [0.4, 0.5) is 17.3 Å². The van der Waals surface area contributed by atoms with Crippen LogP contribution in [0.3, 0.4) is 0 Å². The third-order valence-corrected chi connectivity index (χ3v) is 2.96. The van der Waals surface area contributed by atoms with Gasteiger partial charge in [-0.3, -0.25) is 10.1 Å². The SMILES string of the molecule is NNc1cc([N+](=O)[O-])cc(NCc2ccccc2Cl)n1. The standard InChI is InChI=1S/C12H12ClN5O2/c13-10-4-2-1-3-8(10)7-15-11-5-9(18(19)20)6-12(16-11)17-14/h1-6H,7,14H2,(H2,15,16,17). The van der Waals surface area contributed by atoms with Gasteiger partial charge in [0.1, 0.15) is 11.6 Å². The molecule has 0 bridgehead atoms. The number of nitrogens with zero attached hydrogens (tertiary/aromatic N) is 2. The van der Waals surface area contributed by atoms with Crippen molar-refractivity contribution in [1.29, 1.82) is 0 Å². The van der Waals surface area contributed by atoms with E-state index in [9.17, 15) is 10.1 Å². The van der Waals surface area contributed by atoms with Crippen molar-refractivity contribution in [2.45, 2.75) is 6.54 Å². The first kappa shape index (κ1) is 14.0. The van der Waals surface area contributed by atoms with Crippen LogP contribution in [0.5, 0.6) is 0 Å². The van der Waals surface area contributed by atoms with Crippen LogP contribution in [0.2, 0.25) is 5.02 Å². The van der Waals surface area contributed by atoms with E-state index in [0.717, 1.165) is 5.56 Å². The number of rotatable bonds is 5. The van der Waals surface area contributed by atoms with E-state index in [0.29, 0.717) is 17.4 Å². The maximum Gasteiger partial charge on any atom is 0.276 e. The van der Waals surface area contributed by atoms with Gasteiger partial charge in [-0.2, -0.15) is 0 Å². The van der Waals surface area contributed by atoms with Gasteiger partial charge >= 0.3 is 0 Å². The molecule has 0 atom stereocenters. The van der Waals surface area contributed by atoms with Crippen molar-refractivity contribution in [2.75, 3.05) is 10.7 Å². The van der Waals surface area contributed by atoms with E-state index in [1.807, 2.05) is 18.2 Å². The molecular weight excluding hydrogens is 282 g/mol. The second kappa shape index (κ2) is 6.18. The number of hydrogen-bond donors (Lipinski definition) is 3. The molecule has 0 spiro atoms. The highest BCUT2D eigenvalue weighted by molar-refractivity contribution is 6.31. The fourth-order valence-electron chi connectivity index (χ4n) is 1.61. The van der Waals surface area contributed by atoms with E-state index in [2.05, 4.69) is 15.7 Å². The fraction of sp³-hybridized carbons (Fsp3) is 0.0833. The molecule has 0 saturated heterocycles. The molecule has 0 saturated carbocycles. The van der Waals surface area contributed by atoms with Crippen LogP contribution in [0.25, 0.3) is 0 Å². The number of anilines is 2. The summed E-state index contributed by atoms with van der Waals surface area (Å²) in [6.07, 6.45) is 0. The molecule has 8 heteroatoms. The number of aromatic nitrogens is 1. The van der Waals surface area contributed by atoms with Crippen LogP contribution >= 0.6 is 11.6 Å². The van der Waals surface area contributed by atoms with Gasteiger partial charge in [-0.05, 0) is 11.6 Å². The van der Waals surface area contributed by atoms with Crippen molar-refractivity contribution in [3.8, 4) is 0 Å². The fourth-order valence-corrected chi connectivity index (χ4v) is 1.82. The molecule has 0 unspecified atom stereocenters. The third kappa shape index (κ3) is 3.34.